The third-order valence-electron chi connectivity index (χ3n) is 7.09. The van der Waals surface area contributed by atoms with Crippen molar-refractivity contribution in [3.8, 4) is 11.5 Å². The van der Waals surface area contributed by atoms with Crippen LogP contribution in [0.25, 0.3) is 6.08 Å². The van der Waals surface area contributed by atoms with Gasteiger partial charge >= 0.3 is 11.6 Å². The number of fused-ring (bicyclic) bond motifs is 1. The van der Waals surface area contributed by atoms with Crippen LogP contribution in [0.2, 0.25) is 0 Å². The van der Waals surface area contributed by atoms with E-state index in [-0.39, 0.29) is 17.3 Å². The number of aromatic nitrogens is 2. The van der Waals surface area contributed by atoms with Crippen LogP contribution in [0.4, 0.5) is 5.69 Å². The van der Waals surface area contributed by atoms with Crippen molar-refractivity contribution in [3.05, 3.63) is 87.2 Å². The summed E-state index contributed by atoms with van der Waals surface area (Å²) < 4.78 is 12.0. The van der Waals surface area contributed by atoms with Crippen LogP contribution in [0.15, 0.2) is 65.4 Å². The molecule has 1 saturated carbocycles. The number of nitro groups is 1. The van der Waals surface area contributed by atoms with Crippen LogP contribution in [-0.4, -0.2) is 45.6 Å². The van der Waals surface area contributed by atoms with E-state index in [1.807, 2.05) is 55.5 Å². The van der Waals surface area contributed by atoms with E-state index in [9.17, 15) is 14.9 Å². The number of carbonyl (C=O) groups is 1. The molecule has 2 aromatic carbocycles. The monoisotopic (exact) mass is 515 g/mol. The molecule has 1 fully saturated rings. The first-order valence-corrected chi connectivity index (χ1v) is 12.6. The lowest BCUT2D eigenvalue weighted by molar-refractivity contribution is -0.385. The van der Waals surface area contributed by atoms with Crippen molar-refractivity contribution in [1.29, 1.82) is 0 Å². The molecule has 196 valence electrons. The fourth-order valence-electron chi connectivity index (χ4n) is 5.17. The zero-order valence-corrected chi connectivity index (χ0v) is 21.5. The molecule has 0 bridgehead atoms. The van der Waals surface area contributed by atoms with Gasteiger partial charge in [-0.15, -0.1) is 0 Å². The summed E-state index contributed by atoms with van der Waals surface area (Å²) in [7, 11) is 3.23. The van der Waals surface area contributed by atoms with Crippen LogP contribution < -0.4 is 9.47 Å². The minimum Gasteiger partial charge on any atom is -0.497 e. The van der Waals surface area contributed by atoms with E-state index in [1.54, 1.807) is 14.2 Å². The lowest BCUT2D eigenvalue weighted by atomic mass is 9.77. The van der Waals surface area contributed by atoms with Crippen LogP contribution in [-0.2, 0) is 6.54 Å². The number of rotatable bonds is 7. The lowest BCUT2D eigenvalue weighted by Gasteiger charge is -2.29. The molecule has 0 unspecified atom stereocenters. The Bertz CT molecular complexity index is 1410. The van der Waals surface area contributed by atoms with Crippen molar-refractivity contribution in [2.24, 2.45) is 11.0 Å². The lowest BCUT2D eigenvalue weighted by Crippen LogP contribution is -2.32. The number of ether oxygens (including phenoxy) is 2. The molecule has 2 atom stereocenters. The van der Waals surface area contributed by atoms with Gasteiger partial charge in [-0.1, -0.05) is 24.3 Å². The van der Waals surface area contributed by atoms with Gasteiger partial charge in [0.1, 0.15) is 17.7 Å². The molecular weight excluding hydrogens is 486 g/mol. The van der Waals surface area contributed by atoms with Gasteiger partial charge in [-0.25, -0.2) is 5.01 Å². The molecule has 0 radical (unpaired) electrons. The van der Waals surface area contributed by atoms with Gasteiger partial charge in [0.05, 0.1) is 30.9 Å². The first-order valence-electron chi connectivity index (χ1n) is 12.6. The molecule has 0 N–H and O–H groups in total. The molecule has 38 heavy (non-hydrogen) atoms. The second-order valence-electron chi connectivity index (χ2n) is 9.27. The van der Waals surface area contributed by atoms with Crippen LogP contribution in [0, 0.1) is 16.0 Å². The Labute approximate surface area is 220 Å². The van der Waals surface area contributed by atoms with Crippen LogP contribution >= 0.6 is 0 Å². The standard InChI is InChI=1S/C28H29N5O5/c1-4-31-17-24(33(35)36)26(29-31)28(34)32-27(19-10-14-22(38-3)15-11-19)23-7-5-6-20(25(23)30-32)16-18-8-12-21(37-2)13-9-18/h8-17,23,27H,4-7H2,1-3H3/t23-,27-/m0/s1. The maximum absolute atomic E-state index is 13.9. The maximum atomic E-state index is 13.9. The highest BCUT2D eigenvalue weighted by Crippen LogP contribution is 2.45. The molecule has 2 heterocycles. The number of benzene rings is 2. The largest absolute Gasteiger partial charge is 0.497 e. The molecule has 10 nitrogen and oxygen atoms in total. The Hall–Kier alpha value is -4.47. The molecular formula is C28H29N5O5. The molecule has 2 aliphatic rings. The molecule has 1 aromatic heterocycles. The van der Waals surface area contributed by atoms with Crippen LogP contribution in [0.5, 0.6) is 11.5 Å². The molecule has 3 aromatic rings. The summed E-state index contributed by atoms with van der Waals surface area (Å²) in [4.78, 5) is 25.1. The van der Waals surface area contributed by atoms with E-state index in [0.29, 0.717) is 12.3 Å². The molecule has 5 rings (SSSR count). The van der Waals surface area contributed by atoms with Gasteiger partial charge in [-0.3, -0.25) is 19.6 Å². The average molecular weight is 516 g/mol. The summed E-state index contributed by atoms with van der Waals surface area (Å²) in [6.07, 6.45) is 5.98. The van der Waals surface area contributed by atoms with Crippen molar-refractivity contribution in [2.45, 2.75) is 38.8 Å². The van der Waals surface area contributed by atoms with E-state index in [4.69, 9.17) is 14.6 Å². The average Bonchev–Trinajstić information content (AvgIpc) is 3.56. The third kappa shape index (κ3) is 4.65. The Kier molecular flexibility index (Phi) is 6.95. The second-order valence-corrected chi connectivity index (χ2v) is 9.27. The van der Waals surface area contributed by atoms with E-state index < -0.39 is 16.9 Å². The normalized spacial score (nSPS) is 19.7. The fraction of sp³-hybridized carbons (Fsp3) is 0.321. The molecule has 1 aliphatic heterocycles. The quantitative estimate of drug-likeness (QED) is 0.313. The van der Waals surface area contributed by atoms with Crippen LogP contribution in [0.3, 0.4) is 0 Å². The van der Waals surface area contributed by atoms with Crippen molar-refractivity contribution in [1.82, 2.24) is 14.8 Å². The van der Waals surface area contributed by atoms with Gasteiger partial charge in [-0.05, 0) is 73.2 Å². The highest BCUT2D eigenvalue weighted by atomic mass is 16.6. The van der Waals surface area contributed by atoms with Gasteiger partial charge in [-0.2, -0.15) is 10.2 Å². The van der Waals surface area contributed by atoms with Crippen molar-refractivity contribution < 1.29 is 19.2 Å². The number of hydrogen-bond donors (Lipinski definition) is 0. The topological polar surface area (TPSA) is 112 Å². The smallest absolute Gasteiger partial charge is 0.320 e. The van der Waals surface area contributed by atoms with Gasteiger partial charge in [0.15, 0.2) is 0 Å². The number of allylic oxidation sites excluding steroid dienone is 1. The molecule has 1 aliphatic carbocycles. The number of aryl methyl sites for hydroxylation is 1. The highest BCUT2D eigenvalue weighted by Gasteiger charge is 2.45. The fourth-order valence-corrected chi connectivity index (χ4v) is 5.17. The van der Waals surface area contributed by atoms with Crippen molar-refractivity contribution in [2.75, 3.05) is 14.2 Å². The summed E-state index contributed by atoms with van der Waals surface area (Å²) in [6, 6.07) is 14.9. The van der Waals surface area contributed by atoms with Gasteiger partial charge in [0, 0.05) is 12.5 Å². The molecule has 10 heteroatoms. The minimum atomic E-state index is -0.588. The summed E-state index contributed by atoms with van der Waals surface area (Å²) in [5.41, 5.74) is 3.24. The molecule has 1 amide bonds. The Morgan fingerprint density at radius 2 is 1.76 bits per heavy atom. The second kappa shape index (κ2) is 10.5. The number of carbonyl (C=O) groups excluding carboxylic acids is 1. The van der Waals surface area contributed by atoms with Crippen molar-refractivity contribution >= 4 is 23.4 Å². The Balaban J connectivity index is 1.59. The minimum absolute atomic E-state index is 0.0575. The summed E-state index contributed by atoms with van der Waals surface area (Å²) in [6.45, 7) is 2.22. The Morgan fingerprint density at radius 3 is 2.37 bits per heavy atom. The van der Waals surface area contributed by atoms with E-state index in [2.05, 4.69) is 11.2 Å². The highest BCUT2D eigenvalue weighted by molar-refractivity contribution is 6.09. The predicted octanol–water partition coefficient (Wildman–Crippen LogP) is 5.27. The molecule has 0 saturated heterocycles. The maximum Gasteiger partial charge on any atom is 0.320 e. The number of methoxy groups -OCH3 is 2. The molecule has 0 spiro atoms. The zero-order valence-electron chi connectivity index (χ0n) is 21.5. The summed E-state index contributed by atoms with van der Waals surface area (Å²) in [5, 5.41) is 22.2. The Morgan fingerprint density at radius 1 is 1.11 bits per heavy atom. The van der Waals surface area contributed by atoms with Gasteiger partial charge in [0.2, 0.25) is 5.69 Å². The third-order valence-corrected chi connectivity index (χ3v) is 7.09. The van der Waals surface area contributed by atoms with Crippen molar-refractivity contribution in [3.63, 3.8) is 0 Å². The van der Waals surface area contributed by atoms with Gasteiger partial charge in [0.25, 0.3) is 0 Å². The van der Waals surface area contributed by atoms with E-state index >= 15 is 0 Å². The number of hydrogen-bond acceptors (Lipinski definition) is 7. The zero-order chi connectivity index (χ0) is 26.8. The van der Waals surface area contributed by atoms with Gasteiger partial charge < -0.3 is 9.47 Å². The summed E-state index contributed by atoms with van der Waals surface area (Å²) in [5.74, 6) is 0.830. The SMILES string of the molecule is CCn1cc([N+](=O)[O-])c(C(=O)N2N=C3C(=Cc4ccc(OC)cc4)CCC[C@@H]3[C@@H]2c2ccc(OC)cc2)n1. The first kappa shape index (κ1) is 25.2. The van der Waals surface area contributed by atoms with E-state index in [0.717, 1.165) is 47.4 Å². The first-order chi connectivity index (χ1) is 18.4. The number of hydrazone groups is 1. The predicted molar refractivity (Wildman–Crippen MR) is 142 cm³/mol. The number of amides is 1. The summed E-state index contributed by atoms with van der Waals surface area (Å²) >= 11 is 0. The van der Waals surface area contributed by atoms with Crippen LogP contribution in [0.1, 0.15) is 53.8 Å². The van der Waals surface area contributed by atoms with E-state index in [1.165, 1.54) is 15.9 Å². The number of nitrogens with zero attached hydrogens (tertiary/aromatic N) is 5.